The van der Waals surface area contributed by atoms with Crippen molar-refractivity contribution in [2.75, 3.05) is 6.61 Å². The first-order valence-electron chi connectivity index (χ1n) is 8.06. The van der Waals surface area contributed by atoms with Crippen LogP contribution in [0.2, 0.25) is 0 Å². The number of rotatable bonds is 5. The van der Waals surface area contributed by atoms with Crippen LogP contribution in [0.5, 0.6) is 5.75 Å². The van der Waals surface area contributed by atoms with Crippen molar-refractivity contribution in [3.8, 4) is 17.0 Å². The summed E-state index contributed by atoms with van der Waals surface area (Å²) in [6.07, 6.45) is -0.00749. The second-order valence-corrected chi connectivity index (χ2v) is 6.01. The van der Waals surface area contributed by atoms with Gasteiger partial charge >= 0.3 is 5.97 Å². The second kappa shape index (κ2) is 6.40. The molecule has 0 saturated carbocycles. The summed E-state index contributed by atoms with van der Waals surface area (Å²) in [7, 11) is 0. The van der Waals surface area contributed by atoms with Crippen molar-refractivity contribution in [3.05, 3.63) is 53.1 Å². The van der Waals surface area contributed by atoms with Gasteiger partial charge in [0.1, 0.15) is 5.75 Å². The maximum absolute atomic E-state index is 11.4. The monoisotopic (exact) mass is 323 g/mol. The molecule has 3 aromatic rings. The molecule has 2 N–H and O–H groups in total. The largest absolute Gasteiger partial charge is 0.494 e. The Morgan fingerprint density at radius 3 is 2.50 bits per heavy atom. The number of aliphatic carboxylic acids is 1. The Morgan fingerprint density at radius 2 is 1.88 bits per heavy atom. The number of carboxylic acid groups (broad SMARTS) is 1. The molecule has 0 spiro atoms. The number of aromatic amines is 1. The third-order valence-corrected chi connectivity index (χ3v) is 4.13. The summed E-state index contributed by atoms with van der Waals surface area (Å²) in [5.74, 6) is -0.0211. The summed E-state index contributed by atoms with van der Waals surface area (Å²) in [5, 5.41) is 10.3. The van der Waals surface area contributed by atoms with Gasteiger partial charge < -0.3 is 14.8 Å². The zero-order valence-electron chi connectivity index (χ0n) is 14.1. The van der Waals surface area contributed by atoms with Crippen LogP contribution in [0.3, 0.4) is 0 Å². The third kappa shape index (κ3) is 3.00. The van der Waals surface area contributed by atoms with E-state index in [1.807, 2.05) is 45.0 Å². The number of aryl methyl sites for hydroxylation is 2. The van der Waals surface area contributed by atoms with E-state index < -0.39 is 5.97 Å². The van der Waals surface area contributed by atoms with Gasteiger partial charge in [-0.05, 0) is 73.4 Å². The topological polar surface area (TPSA) is 62.3 Å². The number of H-pyrrole nitrogens is 1. The minimum absolute atomic E-state index is 0.00749. The molecule has 0 aliphatic heterocycles. The molecule has 4 heteroatoms. The van der Waals surface area contributed by atoms with E-state index in [1.165, 1.54) is 0 Å². The average Bonchev–Trinajstić information content (AvgIpc) is 2.86. The van der Waals surface area contributed by atoms with Crippen molar-refractivity contribution in [1.29, 1.82) is 0 Å². The molecule has 2 aromatic carbocycles. The van der Waals surface area contributed by atoms with Gasteiger partial charge in [0.05, 0.1) is 18.7 Å². The molecule has 0 aliphatic carbocycles. The van der Waals surface area contributed by atoms with E-state index in [9.17, 15) is 9.90 Å². The van der Waals surface area contributed by atoms with Gasteiger partial charge in [0.15, 0.2) is 0 Å². The van der Waals surface area contributed by atoms with E-state index in [0.29, 0.717) is 6.61 Å². The number of benzene rings is 2. The van der Waals surface area contributed by atoms with Crippen LogP contribution in [0.4, 0.5) is 0 Å². The number of fused-ring (bicyclic) bond motifs is 1. The van der Waals surface area contributed by atoms with E-state index in [1.54, 1.807) is 0 Å². The highest BCUT2D eigenvalue weighted by atomic mass is 16.5. The van der Waals surface area contributed by atoms with Crippen molar-refractivity contribution in [3.63, 3.8) is 0 Å². The highest BCUT2D eigenvalue weighted by molar-refractivity contribution is 5.96. The lowest BCUT2D eigenvalue weighted by molar-refractivity contribution is -0.136. The smallest absolute Gasteiger partial charge is 0.307 e. The quantitative estimate of drug-likeness (QED) is 0.728. The Kier molecular flexibility index (Phi) is 4.30. The first kappa shape index (κ1) is 16.1. The van der Waals surface area contributed by atoms with Crippen molar-refractivity contribution in [2.24, 2.45) is 0 Å². The van der Waals surface area contributed by atoms with Crippen LogP contribution in [0.15, 0.2) is 36.4 Å². The Bertz CT molecular complexity index is 891. The summed E-state index contributed by atoms with van der Waals surface area (Å²) in [4.78, 5) is 14.8. The lowest BCUT2D eigenvalue weighted by Crippen LogP contribution is -2.01. The highest BCUT2D eigenvalue weighted by Gasteiger charge is 2.17. The van der Waals surface area contributed by atoms with Crippen molar-refractivity contribution >= 4 is 16.9 Å². The van der Waals surface area contributed by atoms with Crippen LogP contribution >= 0.6 is 0 Å². The number of hydrogen-bond donors (Lipinski definition) is 2. The molecule has 0 bridgehead atoms. The van der Waals surface area contributed by atoms with Gasteiger partial charge in [-0.15, -0.1) is 0 Å². The summed E-state index contributed by atoms with van der Waals surface area (Å²) < 4.78 is 5.48. The van der Waals surface area contributed by atoms with Gasteiger partial charge in [-0.3, -0.25) is 4.79 Å². The molecule has 4 nitrogen and oxygen atoms in total. The third-order valence-electron chi connectivity index (χ3n) is 4.13. The number of ether oxygens (including phenoxy) is 1. The molecule has 124 valence electrons. The van der Waals surface area contributed by atoms with Gasteiger partial charge in [-0.25, -0.2) is 0 Å². The molecule has 0 fully saturated rings. The molecular weight excluding hydrogens is 302 g/mol. The summed E-state index contributed by atoms with van der Waals surface area (Å²) in [5.41, 5.74) is 5.88. The number of aromatic nitrogens is 1. The molecule has 24 heavy (non-hydrogen) atoms. The van der Waals surface area contributed by atoms with Crippen LogP contribution in [0.1, 0.15) is 23.6 Å². The molecular formula is C20H21NO3. The molecule has 1 heterocycles. The predicted molar refractivity (Wildman–Crippen MR) is 95.7 cm³/mol. The minimum Gasteiger partial charge on any atom is -0.494 e. The van der Waals surface area contributed by atoms with Gasteiger partial charge in [0.25, 0.3) is 0 Å². The van der Waals surface area contributed by atoms with Gasteiger partial charge in [0.2, 0.25) is 0 Å². The number of hydrogen-bond acceptors (Lipinski definition) is 2. The second-order valence-electron chi connectivity index (χ2n) is 6.01. The van der Waals surface area contributed by atoms with Crippen LogP contribution in [-0.4, -0.2) is 22.7 Å². The number of carboxylic acids is 1. The SMILES string of the molecule is CCOc1ccc(-c2[nH]c3cc(C)cc(C)c3c2CC(=O)O)cc1. The lowest BCUT2D eigenvalue weighted by Gasteiger charge is -2.06. The zero-order chi connectivity index (χ0) is 17.3. The van der Waals surface area contributed by atoms with Crippen LogP contribution in [0, 0.1) is 13.8 Å². The van der Waals surface area contributed by atoms with E-state index in [2.05, 4.69) is 17.1 Å². The fraction of sp³-hybridized carbons (Fsp3) is 0.250. The van der Waals surface area contributed by atoms with Crippen molar-refractivity contribution < 1.29 is 14.6 Å². The standard InChI is InChI=1S/C20H21NO3/c1-4-24-15-7-5-14(6-8-15)20-16(11-18(22)23)19-13(3)9-12(2)10-17(19)21-20/h5-10,21H,4,11H2,1-3H3,(H,22,23). The Hall–Kier alpha value is -2.75. The van der Waals surface area contributed by atoms with Crippen LogP contribution in [-0.2, 0) is 11.2 Å². The van der Waals surface area contributed by atoms with Crippen LogP contribution in [0.25, 0.3) is 22.2 Å². The summed E-state index contributed by atoms with van der Waals surface area (Å²) in [6.45, 7) is 6.63. The molecule has 3 rings (SSSR count). The summed E-state index contributed by atoms with van der Waals surface area (Å²) >= 11 is 0. The molecule has 0 amide bonds. The van der Waals surface area contributed by atoms with Gasteiger partial charge in [0, 0.05) is 10.9 Å². The average molecular weight is 323 g/mol. The van der Waals surface area contributed by atoms with Crippen LogP contribution < -0.4 is 4.74 Å². The Balaban J connectivity index is 2.18. The lowest BCUT2D eigenvalue weighted by atomic mass is 9.99. The molecule has 0 unspecified atom stereocenters. The molecule has 0 radical (unpaired) electrons. The van der Waals surface area contributed by atoms with Gasteiger partial charge in [-0.2, -0.15) is 0 Å². The first-order valence-corrected chi connectivity index (χ1v) is 8.06. The van der Waals surface area contributed by atoms with E-state index in [0.717, 1.165) is 44.6 Å². The molecule has 1 aromatic heterocycles. The fourth-order valence-electron chi connectivity index (χ4n) is 3.26. The molecule has 0 saturated heterocycles. The van der Waals surface area contributed by atoms with E-state index in [-0.39, 0.29) is 6.42 Å². The highest BCUT2D eigenvalue weighted by Crippen LogP contribution is 2.34. The van der Waals surface area contributed by atoms with Crippen molar-refractivity contribution in [1.82, 2.24) is 4.98 Å². The predicted octanol–water partition coefficient (Wildman–Crippen LogP) is 4.48. The van der Waals surface area contributed by atoms with E-state index in [4.69, 9.17) is 4.74 Å². The van der Waals surface area contributed by atoms with Gasteiger partial charge in [-0.1, -0.05) is 6.07 Å². The Labute approximate surface area is 141 Å². The first-order chi connectivity index (χ1) is 11.5. The number of nitrogens with one attached hydrogen (secondary N) is 1. The zero-order valence-corrected chi connectivity index (χ0v) is 14.1. The maximum atomic E-state index is 11.4. The number of carbonyl (C=O) groups is 1. The normalized spacial score (nSPS) is 11.0. The Morgan fingerprint density at radius 1 is 1.17 bits per heavy atom. The van der Waals surface area contributed by atoms with Crippen molar-refractivity contribution in [2.45, 2.75) is 27.2 Å². The molecule has 0 atom stereocenters. The summed E-state index contributed by atoms with van der Waals surface area (Å²) in [6, 6.07) is 11.9. The minimum atomic E-state index is -0.830. The maximum Gasteiger partial charge on any atom is 0.307 e. The van der Waals surface area contributed by atoms with E-state index >= 15 is 0 Å². The fourth-order valence-corrected chi connectivity index (χ4v) is 3.26. The molecule has 0 aliphatic rings.